The monoisotopic (exact) mass is 335 g/mol. The van der Waals surface area contributed by atoms with Gasteiger partial charge in [-0.25, -0.2) is 26.4 Å². The van der Waals surface area contributed by atoms with Crippen LogP contribution < -0.4 is 4.72 Å². The number of carbonyl (C=O) groups is 1. The maximum Gasteiger partial charge on any atom is 0.335 e. The molecule has 0 spiro atoms. The number of sulfonamides is 1. The Hall–Kier alpha value is -1.45. The SMILES string of the molecule is CCc1ccc(C(=O)O)cc1S(=O)(=O)NCCS(C)(=O)=O. The molecule has 0 aliphatic heterocycles. The Bertz CT molecular complexity index is 737. The van der Waals surface area contributed by atoms with Crippen LogP contribution in [0.25, 0.3) is 0 Å². The van der Waals surface area contributed by atoms with Gasteiger partial charge in [0.1, 0.15) is 9.84 Å². The number of hydrogen-bond donors (Lipinski definition) is 2. The molecule has 0 unspecified atom stereocenters. The van der Waals surface area contributed by atoms with Crippen LogP contribution in [0.2, 0.25) is 0 Å². The molecule has 7 nitrogen and oxygen atoms in total. The second kappa shape index (κ2) is 6.54. The van der Waals surface area contributed by atoms with Gasteiger partial charge in [0.05, 0.1) is 16.2 Å². The van der Waals surface area contributed by atoms with Gasteiger partial charge >= 0.3 is 5.97 Å². The third-order valence-electron chi connectivity index (χ3n) is 2.75. The Balaban J connectivity index is 3.11. The fourth-order valence-electron chi connectivity index (χ4n) is 1.67. The van der Waals surface area contributed by atoms with E-state index in [0.717, 1.165) is 12.3 Å². The van der Waals surface area contributed by atoms with Crippen molar-refractivity contribution in [1.82, 2.24) is 4.72 Å². The van der Waals surface area contributed by atoms with Crippen molar-refractivity contribution in [2.45, 2.75) is 18.2 Å². The molecule has 0 aliphatic rings. The van der Waals surface area contributed by atoms with E-state index >= 15 is 0 Å². The van der Waals surface area contributed by atoms with Crippen molar-refractivity contribution in [2.24, 2.45) is 0 Å². The second-order valence-corrected chi connectivity index (χ2v) is 8.50. The number of nitrogens with one attached hydrogen (secondary N) is 1. The molecule has 0 aliphatic carbocycles. The average molecular weight is 335 g/mol. The van der Waals surface area contributed by atoms with Crippen molar-refractivity contribution in [2.75, 3.05) is 18.6 Å². The number of carboxylic acids is 1. The maximum absolute atomic E-state index is 12.2. The van der Waals surface area contributed by atoms with Crippen LogP contribution in [0.15, 0.2) is 23.1 Å². The van der Waals surface area contributed by atoms with Gasteiger partial charge in [0.25, 0.3) is 0 Å². The van der Waals surface area contributed by atoms with Crippen LogP contribution >= 0.6 is 0 Å². The molecule has 0 heterocycles. The van der Waals surface area contributed by atoms with E-state index in [4.69, 9.17) is 5.11 Å². The van der Waals surface area contributed by atoms with Gasteiger partial charge in [0.15, 0.2) is 0 Å². The lowest BCUT2D eigenvalue weighted by molar-refractivity contribution is 0.0696. The quantitative estimate of drug-likeness (QED) is 0.738. The summed E-state index contributed by atoms with van der Waals surface area (Å²) in [5.41, 5.74) is 0.322. The van der Waals surface area contributed by atoms with Crippen molar-refractivity contribution >= 4 is 25.8 Å². The third kappa shape index (κ3) is 5.10. The molecule has 1 aromatic rings. The predicted octanol–water partition coefficient (Wildman–Crippen LogP) is 0.270. The van der Waals surface area contributed by atoms with Gasteiger partial charge in [-0.15, -0.1) is 0 Å². The summed E-state index contributed by atoms with van der Waals surface area (Å²) in [5, 5.41) is 8.93. The molecule has 1 rings (SSSR count). The molecule has 0 aromatic heterocycles. The summed E-state index contributed by atoms with van der Waals surface area (Å²) < 4.78 is 48.5. The van der Waals surface area contributed by atoms with E-state index in [-0.39, 0.29) is 22.8 Å². The molecule has 0 saturated heterocycles. The number of sulfone groups is 1. The molecule has 0 fully saturated rings. The molecule has 118 valence electrons. The topological polar surface area (TPSA) is 118 Å². The van der Waals surface area contributed by atoms with Crippen LogP contribution in [0.3, 0.4) is 0 Å². The lowest BCUT2D eigenvalue weighted by atomic mass is 10.1. The van der Waals surface area contributed by atoms with Gasteiger partial charge in [-0.1, -0.05) is 13.0 Å². The van der Waals surface area contributed by atoms with E-state index in [2.05, 4.69) is 4.72 Å². The summed E-state index contributed by atoms with van der Waals surface area (Å²) >= 11 is 0. The van der Waals surface area contributed by atoms with Gasteiger partial charge in [-0.3, -0.25) is 0 Å². The Kier molecular flexibility index (Phi) is 5.48. The van der Waals surface area contributed by atoms with Gasteiger partial charge in [-0.2, -0.15) is 0 Å². The molecule has 9 heteroatoms. The highest BCUT2D eigenvalue weighted by Gasteiger charge is 2.20. The van der Waals surface area contributed by atoms with E-state index < -0.39 is 25.8 Å². The summed E-state index contributed by atoms with van der Waals surface area (Å²) in [6.45, 7) is 1.48. The first-order valence-electron chi connectivity index (χ1n) is 6.10. The largest absolute Gasteiger partial charge is 0.478 e. The number of hydrogen-bond acceptors (Lipinski definition) is 5. The van der Waals surface area contributed by atoms with Gasteiger partial charge in [0.2, 0.25) is 10.0 Å². The molecular formula is C12H17NO6S2. The van der Waals surface area contributed by atoms with E-state index in [1.54, 1.807) is 6.92 Å². The maximum atomic E-state index is 12.2. The molecule has 0 atom stereocenters. The van der Waals surface area contributed by atoms with Gasteiger partial charge in [-0.05, 0) is 24.1 Å². The van der Waals surface area contributed by atoms with Crippen LogP contribution in [0.1, 0.15) is 22.8 Å². The Labute approximate surface area is 124 Å². The minimum atomic E-state index is -3.96. The van der Waals surface area contributed by atoms with E-state index in [1.807, 2.05) is 0 Å². The molecule has 0 saturated carbocycles. The second-order valence-electron chi connectivity index (χ2n) is 4.51. The molecule has 2 N–H and O–H groups in total. The van der Waals surface area contributed by atoms with Crippen LogP contribution in [0.4, 0.5) is 0 Å². The number of carboxylic acid groups (broad SMARTS) is 1. The summed E-state index contributed by atoms with van der Waals surface area (Å²) in [4.78, 5) is 10.8. The Morgan fingerprint density at radius 2 is 1.86 bits per heavy atom. The highest BCUT2D eigenvalue weighted by Crippen LogP contribution is 2.18. The molecular weight excluding hydrogens is 318 g/mol. The van der Waals surface area contributed by atoms with Gasteiger partial charge < -0.3 is 5.11 Å². The number of benzene rings is 1. The summed E-state index contributed by atoms with van der Waals surface area (Å²) in [6, 6.07) is 3.84. The number of aryl methyl sites for hydroxylation is 1. The minimum absolute atomic E-state index is 0.140. The summed E-state index contributed by atoms with van der Waals surface area (Å²) in [7, 11) is -7.25. The fraction of sp³-hybridized carbons (Fsp3) is 0.417. The first kappa shape index (κ1) is 17.6. The zero-order chi connectivity index (χ0) is 16.3. The van der Waals surface area contributed by atoms with Crippen molar-refractivity contribution in [3.05, 3.63) is 29.3 Å². The highest BCUT2D eigenvalue weighted by molar-refractivity contribution is 7.91. The first-order valence-corrected chi connectivity index (χ1v) is 9.65. The smallest absolute Gasteiger partial charge is 0.335 e. The van der Waals surface area contributed by atoms with E-state index in [9.17, 15) is 21.6 Å². The minimum Gasteiger partial charge on any atom is -0.478 e. The molecule has 1 aromatic carbocycles. The molecule has 0 radical (unpaired) electrons. The van der Waals surface area contributed by atoms with Crippen LogP contribution in [-0.2, 0) is 26.3 Å². The highest BCUT2D eigenvalue weighted by atomic mass is 32.2. The zero-order valence-electron chi connectivity index (χ0n) is 11.7. The van der Waals surface area contributed by atoms with E-state index in [0.29, 0.717) is 12.0 Å². The Morgan fingerprint density at radius 3 is 2.33 bits per heavy atom. The lowest BCUT2D eigenvalue weighted by Gasteiger charge is -2.11. The van der Waals surface area contributed by atoms with Crippen LogP contribution in [0, 0.1) is 0 Å². The zero-order valence-corrected chi connectivity index (χ0v) is 13.3. The fourth-order valence-corrected chi connectivity index (χ4v) is 3.64. The van der Waals surface area contributed by atoms with Crippen molar-refractivity contribution in [1.29, 1.82) is 0 Å². The van der Waals surface area contributed by atoms with Crippen molar-refractivity contribution in [3.63, 3.8) is 0 Å². The van der Waals surface area contributed by atoms with Crippen molar-refractivity contribution < 1.29 is 26.7 Å². The lowest BCUT2D eigenvalue weighted by Crippen LogP contribution is -2.29. The average Bonchev–Trinajstić information content (AvgIpc) is 2.36. The third-order valence-corrected chi connectivity index (χ3v) is 5.24. The first-order chi connectivity index (χ1) is 9.57. The van der Waals surface area contributed by atoms with Crippen molar-refractivity contribution in [3.8, 4) is 0 Å². The summed E-state index contributed by atoms with van der Waals surface area (Å²) in [5.74, 6) is -1.56. The van der Waals surface area contributed by atoms with Crippen LogP contribution in [-0.4, -0.2) is 46.5 Å². The standard InChI is InChI=1S/C12H17NO6S2/c1-3-9-4-5-10(12(14)15)8-11(9)21(18,19)13-6-7-20(2,16)17/h4-5,8,13H,3,6-7H2,1-2H3,(H,14,15). The number of rotatable bonds is 7. The van der Waals surface area contributed by atoms with Crippen LogP contribution in [0.5, 0.6) is 0 Å². The predicted molar refractivity (Wildman–Crippen MR) is 77.7 cm³/mol. The Morgan fingerprint density at radius 1 is 1.24 bits per heavy atom. The summed E-state index contributed by atoms with van der Waals surface area (Å²) in [6.07, 6.45) is 1.41. The normalized spacial score (nSPS) is 12.3. The molecule has 0 amide bonds. The van der Waals surface area contributed by atoms with Gasteiger partial charge in [0, 0.05) is 12.8 Å². The van der Waals surface area contributed by atoms with E-state index in [1.165, 1.54) is 12.1 Å². The number of aromatic carboxylic acids is 1. The molecule has 21 heavy (non-hydrogen) atoms. The molecule has 0 bridgehead atoms.